The van der Waals surface area contributed by atoms with E-state index in [1.807, 2.05) is 0 Å². The molecule has 0 unspecified atom stereocenters. The monoisotopic (exact) mass is 334 g/mol. The van der Waals surface area contributed by atoms with Crippen LogP contribution >= 0.6 is 12.4 Å². The summed E-state index contributed by atoms with van der Waals surface area (Å²) in [6, 6.07) is 4.63. The van der Waals surface area contributed by atoms with Gasteiger partial charge in [0, 0.05) is 20.6 Å². The van der Waals surface area contributed by atoms with Crippen LogP contribution in [0.5, 0.6) is 0 Å². The maximum absolute atomic E-state index is 12.1. The third-order valence-electron chi connectivity index (χ3n) is 3.23. The highest BCUT2D eigenvalue weighted by Crippen LogP contribution is 2.17. The molecule has 7 nitrogen and oxygen atoms in total. The van der Waals surface area contributed by atoms with Crippen LogP contribution in [0.25, 0.3) is 11.0 Å². The maximum Gasteiger partial charge on any atom is 0.328 e. The first-order valence-electron chi connectivity index (χ1n) is 6.23. The average Bonchev–Trinajstić information content (AvgIpc) is 2.64. The lowest BCUT2D eigenvalue weighted by molar-refractivity contribution is 0.579. The minimum atomic E-state index is -3.57. The fraction of sp³-hybridized carbons (Fsp3) is 0.417. The van der Waals surface area contributed by atoms with Gasteiger partial charge < -0.3 is 5.73 Å². The summed E-state index contributed by atoms with van der Waals surface area (Å²) in [5.41, 5.74) is 6.42. The van der Waals surface area contributed by atoms with Gasteiger partial charge in [0.25, 0.3) is 0 Å². The van der Waals surface area contributed by atoms with E-state index in [-0.39, 0.29) is 23.0 Å². The predicted molar refractivity (Wildman–Crippen MR) is 84.3 cm³/mol. The van der Waals surface area contributed by atoms with Crippen molar-refractivity contribution in [3.05, 3.63) is 28.7 Å². The van der Waals surface area contributed by atoms with Crippen molar-refractivity contribution in [2.75, 3.05) is 13.1 Å². The van der Waals surface area contributed by atoms with Crippen LogP contribution < -0.4 is 16.1 Å². The summed E-state index contributed by atoms with van der Waals surface area (Å²) < 4.78 is 29.6. The Balaban J connectivity index is 0.00000220. The summed E-state index contributed by atoms with van der Waals surface area (Å²) in [7, 11) is -0.309. The van der Waals surface area contributed by atoms with Gasteiger partial charge >= 0.3 is 5.69 Å². The van der Waals surface area contributed by atoms with E-state index in [0.717, 1.165) is 0 Å². The van der Waals surface area contributed by atoms with Crippen molar-refractivity contribution >= 4 is 33.5 Å². The molecule has 21 heavy (non-hydrogen) atoms. The van der Waals surface area contributed by atoms with E-state index in [2.05, 4.69) is 4.72 Å². The fourth-order valence-electron chi connectivity index (χ4n) is 2.05. The Morgan fingerprint density at radius 3 is 2.43 bits per heavy atom. The number of rotatable bonds is 5. The Morgan fingerprint density at radius 2 is 1.81 bits per heavy atom. The van der Waals surface area contributed by atoms with Crippen LogP contribution in [0.15, 0.2) is 27.9 Å². The minimum Gasteiger partial charge on any atom is -0.330 e. The zero-order valence-corrected chi connectivity index (χ0v) is 13.5. The van der Waals surface area contributed by atoms with Crippen molar-refractivity contribution in [3.63, 3.8) is 0 Å². The number of fused-ring (bicyclic) bond motifs is 1. The number of hydrogen-bond donors (Lipinski definition) is 2. The summed E-state index contributed by atoms with van der Waals surface area (Å²) in [6.45, 7) is 0.722. The molecule has 9 heteroatoms. The highest BCUT2D eigenvalue weighted by atomic mass is 35.5. The molecule has 0 saturated carbocycles. The average molecular weight is 335 g/mol. The standard InChI is InChI=1S/C12H18N4O3S.ClH/c1-15-10-5-4-9(8-11(10)16(2)12(15)17)20(18,19)14-7-3-6-13;/h4-5,8,14H,3,6-7,13H2,1-2H3;1H. The van der Waals surface area contributed by atoms with E-state index >= 15 is 0 Å². The number of nitrogens with zero attached hydrogens (tertiary/aromatic N) is 2. The van der Waals surface area contributed by atoms with Crippen molar-refractivity contribution in [2.24, 2.45) is 19.8 Å². The molecule has 0 aliphatic carbocycles. The minimum absolute atomic E-state index is 0. The van der Waals surface area contributed by atoms with Crippen molar-refractivity contribution in [3.8, 4) is 0 Å². The zero-order valence-electron chi connectivity index (χ0n) is 11.9. The second-order valence-corrected chi connectivity index (χ2v) is 6.36. The predicted octanol–water partition coefficient (Wildman–Crippen LogP) is -0.0741. The number of hydrogen-bond acceptors (Lipinski definition) is 4. The van der Waals surface area contributed by atoms with Crippen LogP contribution in [0, 0.1) is 0 Å². The van der Waals surface area contributed by atoms with Crippen LogP contribution in [0.2, 0.25) is 0 Å². The summed E-state index contributed by atoms with van der Waals surface area (Å²) >= 11 is 0. The Hall–Kier alpha value is -1.35. The van der Waals surface area contributed by atoms with Crippen molar-refractivity contribution in [1.82, 2.24) is 13.9 Å². The third kappa shape index (κ3) is 3.29. The van der Waals surface area contributed by atoms with Crippen molar-refractivity contribution in [2.45, 2.75) is 11.3 Å². The van der Waals surface area contributed by atoms with E-state index in [1.165, 1.54) is 21.3 Å². The van der Waals surface area contributed by atoms with Crippen LogP contribution in [0.1, 0.15) is 6.42 Å². The van der Waals surface area contributed by atoms with E-state index in [0.29, 0.717) is 30.5 Å². The molecule has 1 heterocycles. The number of nitrogens with one attached hydrogen (secondary N) is 1. The van der Waals surface area contributed by atoms with Gasteiger partial charge in [0.1, 0.15) is 0 Å². The molecule has 1 aromatic heterocycles. The SMILES string of the molecule is Cl.Cn1c(=O)n(C)c2cc(S(=O)(=O)NCCCN)ccc21. The first kappa shape index (κ1) is 17.7. The summed E-state index contributed by atoms with van der Waals surface area (Å²) in [4.78, 5) is 11.9. The van der Waals surface area contributed by atoms with Crippen LogP contribution in [-0.4, -0.2) is 30.6 Å². The topological polar surface area (TPSA) is 99.1 Å². The van der Waals surface area contributed by atoms with Gasteiger partial charge in [0.05, 0.1) is 15.9 Å². The van der Waals surface area contributed by atoms with Gasteiger partial charge in [-0.15, -0.1) is 12.4 Å². The molecule has 3 N–H and O–H groups in total. The molecular weight excluding hydrogens is 316 g/mol. The smallest absolute Gasteiger partial charge is 0.328 e. The van der Waals surface area contributed by atoms with Crippen LogP contribution in [-0.2, 0) is 24.1 Å². The van der Waals surface area contributed by atoms with Gasteiger partial charge in [-0.3, -0.25) is 9.13 Å². The van der Waals surface area contributed by atoms with E-state index < -0.39 is 10.0 Å². The lowest BCUT2D eigenvalue weighted by Gasteiger charge is -2.06. The molecule has 0 aliphatic rings. The number of halogens is 1. The van der Waals surface area contributed by atoms with Gasteiger partial charge in [0.15, 0.2) is 0 Å². The first-order valence-corrected chi connectivity index (χ1v) is 7.72. The molecule has 0 radical (unpaired) electrons. The number of aryl methyl sites for hydroxylation is 2. The number of sulfonamides is 1. The molecule has 118 valence electrons. The summed E-state index contributed by atoms with van der Waals surface area (Å²) in [5.74, 6) is 0. The number of imidazole rings is 1. The molecule has 0 amide bonds. The van der Waals surface area contributed by atoms with Crippen molar-refractivity contribution in [1.29, 1.82) is 0 Å². The molecule has 0 saturated heterocycles. The van der Waals surface area contributed by atoms with E-state index in [1.54, 1.807) is 20.2 Å². The zero-order chi connectivity index (χ0) is 14.9. The van der Waals surface area contributed by atoms with Gasteiger partial charge in [-0.25, -0.2) is 17.9 Å². The van der Waals surface area contributed by atoms with E-state index in [4.69, 9.17) is 5.73 Å². The van der Waals surface area contributed by atoms with Gasteiger partial charge in [-0.2, -0.15) is 0 Å². The van der Waals surface area contributed by atoms with Crippen LogP contribution in [0.3, 0.4) is 0 Å². The fourth-order valence-corrected chi connectivity index (χ4v) is 3.14. The molecule has 2 aromatic rings. The molecule has 0 bridgehead atoms. The lowest BCUT2D eigenvalue weighted by atomic mass is 10.3. The summed E-state index contributed by atoms with van der Waals surface area (Å²) in [6.07, 6.45) is 0.575. The normalized spacial score (nSPS) is 11.6. The Bertz CT molecular complexity index is 795. The Morgan fingerprint density at radius 1 is 1.19 bits per heavy atom. The number of benzene rings is 1. The van der Waals surface area contributed by atoms with Gasteiger partial charge in [0.2, 0.25) is 10.0 Å². The quantitative estimate of drug-likeness (QED) is 0.747. The molecule has 1 aromatic carbocycles. The second kappa shape index (κ2) is 6.61. The van der Waals surface area contributed by atoms with E-state index in [9.17, 15) is 13.2 Å². The van der Waals surface area contributed by atoms with Gasteiger partial charge in [-0.1, -0.05) is 0 Å². The highest BCUT2D eigenvalue weighted by molar-refractivity contribution is 7.89. The Kier molecular flexibility index (Phi) is 5.57. The lowest BCUT2D eigenvalue weighted by Crippen LogP contribution is -2.26. The third-order valence-corrected chi connectivity index (χ3v) is 4.69. The molecular formula is C12H19ClN4O3S. The Labute approximate surface area is 129 Å². The molecule has 0 aliphatic heterocycles. The molecule has 0 fully saturated rings. The molecule has 0 spiro atoms. The van der Waals surface area contributed by atoms with Gasteiger partial charge in [-0.05, 0) is 31.2 Å². The number of aromatic nitrogens is 2. The first-order chi connectivity index (χ1) is 9.38. The van der Waals surface area contributed by atoms with Crippen LogP contribution in [0.4, 0.5) is 0 Å². The van der Waals surface area contributed by atoms with Crippen molar-refractivity contribution < 1.29 is 8.42 Å². The molecule has 2 rings (SSSR count). The number of nitrogens with two attached hydrogens (primary N) is 1. The maximum atomic E-state index is 12.1. The molecule has 0 atom stereocenters. The summed E-state index contributed by atoms with van der Waals surface area (Å²) in [5, 5.41) is 0. The largest absolute Gasteiger partial charge is 0.330 e. The second-order valence-electron chi connectivity index (χ2n) is 4.59. The highest BCUT2D eigenvalue weighted by Gasteiger charge is 2.16.